The third kappa shape index (κ3) is 2.15. The molecule has 0 radical (unpaired) electrons. The Balaban J connectivity index is 2.23. The number of hydrogen-bond donors (Lipinski definition) is 0. The van der Waals surface area contributed by atoms with Gasteiger partial charge < -0.3 is 8.83 Å². The first-order valence-corrected chi connectivity index (χ1v) is 4.66. The minimum Gasteiger partial charge on any atom is -0.456 e. The van der Waals surface area contributed by atoms with Gasteiger partial charge in [-0.25, -0.2) is 4.98 Å². The second-order valence-electron chi connectivity index (χ2n) is 3.43. The molecule has 0 bridgehead atoms. The third-order valence-electron chi connectivity index (χ3n) is 1.93. The van der Waals surface area contributed by atoms with E-state index in [2.05, 4.69) is 4.98 Å². The zero-order valence-electron chi connectivity index (χ0n) is 8.61. The first-order chi connectivity index (χ1) is 7.15. The molecule has 2 aromatic heterocycles. The maximum absolute atomic E-state index is 10.9. The van der Waals surface area contributed by atoms with Crippen LogP contribution in [0, 0.1) is 6.92 Å². The van der Waals surface area contributed by atoms with Crippen molar-refractivity contribution in [2.75, 3.05) is 0 Å². The first kappa shape index (κ1) is 9.71. The summed E-state index contributed by atoms with van der Waals surface area (Å²) >= 11 is 0. The molecule has 0 atom stereocenters. The van der Waals surface area contributed by atoms with Gasteiger partial charge in [-0.1, -0.05) is 0 Å². The molecule has 0 aliphatic carbocycles. The summed E-state index contributed by atoms with van der Waals surface area (Å²) < 4.78 is 10.6. The standard InChI is InChI=1S/C11H11NO3/c1-7(13)5-9-6-14-11(12-9)10-4-3-8(2)15-10/h3-4,6H,5H2,1-2H3. The summed E-state index contributed by atoms with van der Waals surface area (Å²) in [5.41, 5.74) is 0.631. The van der Waals surface area contributed by atoms with E-state index in [1.54, 1.807) is 6.07 Å². The van der Waals surface area contributed by atoms with E-state index in [1.807, 2.05) is 13.0 Å². The van der Waals surface area contributed by atoms with Crippen molar-refractivity contribution in [1.82, 2.24) is 4.98 Å². The molecule has 2 rings (SSSR count). The predicted molar refractivity (Wildman–Crippen MR) is 53.3 cm³/mol. The van der Waals surface area contributed by atoms with Gasteiger partial charge in [0.05, 0.1) is 12.1 Å². The normalized spacial score (nSPS) is 10.5. The molecule has 4 nitrogen and oxygen atoms in total. The Bertz CT molecular complexity index is 481. The Morgan fingerprint density at radius 3 is 2.87 bits per heavy atom. The largest absolute Gasteiger partial charge is 0.456 e. The molecule has 0 spiro atoms. The van der Waals surface area contributed by atoms with Crippen LogP contribution in [0.15, 0.2) is 27.2 Å². The molecule has 0 amide bonds. The Morgan fingerprint density at radius 1 is 1.47 bits per heavy atom. The van der Waals surface area contributed by atoms with Gasteiger partial charge in [-0.3, -0.25) is 4.79 Å². The Hall–Kier alpha value is -1.84. The second kappa shape index (κ2) is 3.73. The molecular formula is C11H11NO3. The van der Waals surface area contributed by atoms with E-state index >= 15 is 0 Å². The van der Waals surface area contributed by atoms with E-state index in [0.29, 0.717) is 23.8 Å². The van der Waals surface area contributed by atoms with Crippen LogP contribution >= 0.6 is 0 Å². The van der Waals surface area contributed by atoms with Crippen LogP contribution < -0.4 is 0 Å². The maximum atomic E-state index is 10.9. The van der Waals surface area contributed by atoms with Crippen molar-refractivity contribution in [3.8, 4) is 11.7 Å². The van der Waals surface area contributed by atoms with E-state index < -0.39 is 0 Å². The molecular weight excluding hydrogens is 194 g/mol. The zero-order chi connectivity index (χ0) is 10.8. The number of oxazole rings is 1. The molecule has 15 heavy (non-hydrogen) atoms. The number of nitrogens with zero attached hydrogens (tertiary/aromatic N) is 1. The summed E-state index contributed by atoms with van der Waals surface area (Å²) in [5.74, 6) is 1.86. The number of aromatic nitrogens is 1. The highest BCUT2D eigenvalue weighted by Crippen LogP contribution is 2.21. The molecule has 78 valence electrons. The monoisotopic (exact) mass is 205 g/mol. The number of carbonyl (C=O) groups excluding carboxylic acids is 1. The van der Waals surface area contributed by atoms with Crippen molar-refractivity contribution in [2.45, 2.75) is 20.3 Å². The number of ketones is 1. The van der Waals surface area contributed by atoms with Crippen molar-refractivity contribution in [3.63, 3.8) is 0 Å². The molecule has 0 aromatic carbocycles. The van der Waals surface area contributed by atoms with Gasteiger partial charge in [0.15, 0.2) is 5.76 Å². The van der Waals surface area contributed by atoms with Crippen LogP contribution in [-0.2, 0) is 11.2 Å². The fraction of sp³-hybridized carbons (Fsp3) is 0.273. The molecule has 0 saturated heterocycles. The molecule has 0 N–H and O–H groups in total. The van der Waals surface area contributed by atoms with E-state index in [9.17, 15) is 4.79 Å². The lowest BCUT2D eigenvalue weighted by Crippen LogP contribution is -1.95. The summed E-state index contributed by atoms with van der Waals surface area (Å²) in [6.07, 6.45) is 1.78. The smallest absolute Gasteiger partial charge is 0.263 e. The van der Waals surface area contributed by atoms with E-state index in [-0.39, 0.29) is 5.78 Å². The molecule has 4 heteroatoms. The first-order valence-electron chi connectivity index (χ1n) is 4.66. The lowest BCUT2D eigenvalue weighted by Gasteiger charge is -1.87. The minimum atomic E-state index is 0.0606. The topological polar surface area (TPSA) is 56.2 Å². The molecule has 0 fully saturated rings. The molecule has 0 aliphatic heterocycles. The highest BCUT2D eigenvalue weighted by atomic mass is 16.4. The highest BCUT2D eigenvalue weighted by Gasteiger charge is 2.10. The van der Waals surface area contributed by atoms with Crippen LogP contribution in [0.25, 0.3) is 11.7 Å². The Morgan fingerprint density at radius 2 is 2.27 bits per heavy atom. The minimum absolute atomic E-state index is 0.0606. The Labute approximate surface area is 86.9 Å². The van der Waals surface area contributed by atoms with Crippen molar-refractivity contribution >= 4 is 5.78 Å². The van der Waals surface area contributed by atoms with Gasteiger partial charge in [-0.2, -0.15) is 0 Å². The molecule has 0 aliphatic rings. The van der Waals surface area contributed by atoms with E-state index in [0.717, 1.165) is 5.76 Å². The summed E-state index contributed by atoms with van der Waals surface area (Å²) in [6, 6.07) is 3.63. The van der Waals surface area contributed by atoms with E-state index in [4.69, 9.17) is 8.83 Å². The second-order valence-corrected chi connectivity index (χ2v) is 3.43. The summed E-state index contributed by atoms with van der Waals surface area (Å²) in [4.78, 5) is 15.0. The number of aryl methyl sites for hydroxylation is 1. The summed E-state index contributed by atoms with van der Waals surface area (Å²) in [5, 5.41) is 0. The van der Waals surface area contributed by atoms with Crippen molar-refractivity contribution in [2.24, 2.45) is 0 Å². The quantitative estimate of drug-likeness (QED) is 0.771. The van der Waals surface area contributed by atoms with Crippen molar-refractivity contribution < 1.29 is 13.6 Å². The van der Waals surface area contributed by atoms with Gasteiger partial charge in [0, 0.05) is 0 Å². The molecule has 2 aromatic rings. The molecule has 0 saturated carbocycles. The lowest BCUT2D eigenvalue weighted by atomic mass is 10.2. The fourth-order valence-corrected chi connectivity index (χ4v) is 1.31. The summed E-state index contributed by atoms with van der Waals surface area (Å²) in [6.45, 7) is 3.37. The maximum Gasteiger partial charge on any atom is 0.263 e. The molecule has 2 heterocycles. The van der Waals surface area contributed by atoms with E-state index in [1.165, 1.54) is 13.2 Å². The van der Waals surface area contributed by atoms with Crippen LogP contribution in [0.2, 0.25) is 0 Å². The highest BCUT2D eigenvalue weighted by molar-refractivity contribution is 5.77. The fourth-order valence-electron chi connectivity index (χ4n) is 1.31. The van der Waals surface area contributed by atoms with Crippen LogP contribution in [0.1, 0.15) is 18.4 Å². The van der Waals surface area contributed by atoms with Gasteiger partial charge >= 0.3 is 0 Å². The van der Waals surface area contributed by atoms with Gasteiger partial charge in [0.1, 0.15) is 17.8 Å². The number of hydrogen-bond acceptors (Lipinski definition) is 4. The number of Topliss-reactive ketones (excluding diaryl/α,β-unsaturated/α-hetero) is 1. The average molecular weight is 205 g/mol. The van der Waals surface area contributed by atoms with Gasteiger partial charge in [-0.15, -0.1) is 0 Å². The van der Waals surface area contributed by atoms with Gasteiger partial charge in [-0.05, 0) is 26.0 Å². The zero-order valence-corrected chi connectivity index (χ0v) is 8.61. The van der Waals surface area contributed by atoms with Crippen LogP contribution in [0.3, 0.4) is 0 Å². The summed E-state index contributed by atoms with van der Waals surface area (Å²) in [7, 11) is 0. The van der Waals surface area contributed by atoms with Gasteiger partial charge in [0.2, 0.25) is 0 Å². The van der Waals surface area contributed by atoms with Crippen LogP contribution in [0.4, 0.5) is 0 Å². The van der Waals surface area contributed by atoms with Gasteiger partial charge in [0.25, 0.3) is 5.89 Å². The van der Waals surface area contributed by atoms with Crippen molar-refractivity contribution in [3.05, 3.63) is 29.9 Å². The van der Waals surface area contributed by atoms with Crippen molar-refractivity contribution in [1.29, 1.82) is 0 Å². The number of furan rings is 1. The molecule has 0 unspecified atom stereocenters. The lowest BCUT2D eigenvalue weighted by molar-refractivity contribution is -0.116. The van der Waals surface area contributed by atoms with Crippen LogP contribution in [0.5, 0.6) is 0 Å². The number of rotatable bonds is 3. The third-order valence-corrected chi connectivity index (χ3v) is 1.93. The SMILES string of the molecule is CC(=O)Cc1coc(-c2ccc(C)o2)n1. The Kier molecular flexibility index (Phi) is 2.41. The number of carbonyl (C=O) groups is 1. The average Bonchev–Trinajstić information content (AvgIpc) is 2.72. The van der Waals surface area contributed by atoms with Crippen LogP contribution in [-0.4, -0.2) is 10.8 Å². The predicted octanol–water partition coefficient (Wildman–Crippen LogP) is 2.37.